The lowest BCUT2D eigenvalue weighted by Gasteiger charge is -2.15. The van der Waals surface area contributed by atoms with Gasteiger partial charge in [-0.1, -0.05) is 6.07 Å². The number of hydroxylamine groups is 2. The molecule has 0 radical (unpaired) electrons. The summed E-state index contributed by atoms with van der Waals surface area (Å²) >= 11 is 0. The lowest BCUT2D eigenvalue weighted by atomic mass is 10.1. The molecule has 1 rings (SSSR count). The molecule has 1 aromatic rings. The first-order chi connectivity index (χ1) is 6.80. The Morgan fingerprint density at radius 2 is 1.93 bits per heavy atom. The number of hydrogen-bond acceptors (Lipinski definition) is 2. The fraction of sp³-hybridized carbons (Fsp3) is 0.333. The van der Waals surface area contributed by atoms with Crippen molar-refractivity contribution in [1.82, 2.24) is 5.06 Å². The van der Waals surface area contributed by atoms with Crippen LogP contribution >= 0.6 is 0 Å². The Morgan fingerprint density at radius 1 is 1.33 bits per heavy atom. The number of halogens is 4. The quantitative estimate of drug-likeness (QED) is 0.615. The zero-order valence-electron chi connectivity index (χ0n) is 7.85. The normalized spacial score (nSPS) is 12.2. The van der Waals surface area contributed by atoms with Crippen LogP contribution in [0.15, 0.2) is 18.2 Å². The van der Waals surface area contributed by atoms with E-state index >= 15 is 0 Å². The summed E-state index contributed by atoms with van der Waals surface area (Å²) in [6, 6.07) is 2.35. The molecule has 0 saturated carbocycles. The summed E-state index contributed by atoms with van der Waals surface area (Å²) in [7, 11) is 1.21. The summed E-state index contributed by atoms with van der Waals surface area (Å²) in [4.78, 5) is 0. The Kier molecular flexibility index (Phi) is 3.31. The Balaban J connectivity index is 3.15. The molecule has 0 saturated heterocycles. The van der Waals surface area contributed by atoms with Gasteiger partial charge >= 0.3 is 6.18 Å². The molecule has 2 nitrogen and oxygen atoms in total. The molecule has 0 heterocycles. The molecule has 0 amide bonds. The van der Waals surface area contributed by atoms with E-state index in [1.807, 2.05) is 0 Å². The highest BCUT2D eigenvalue weighted by Crippen LogP contribution is 2.32. The fourth-order valence-electron chi connectivity index (χ4n) is 1.20. The molecule has 15 heavy (non-hydrogen) atoms. The van der Waals surface area contributed by atoms with E-state index < -0.39 is 17.6 Å². The van der Waals surface area contributed by atoms with Gasteiger partial charge in [0, 0.05) is 13.6 Å². The van der Waals surface area contributed by atoms with Crippen LogP contribution in [0.3, 0.4) is 0 Å². The maximum absolute atomic E-state index is 12.6. The maximum atomic E-state index is 12.6. The first-order valence-corrected chi connectivity index (χ1v) is 4.06. The minimum Gasteiger partial charge on any atom is -0.314 e. The molecule has 6 heteroatoms. The molecule has 0 bridgehead atoms. The monoisotopic (exact) mass is 223 g/mol. The van der Waals surface area contributed by atoms with Gasteiger partial charge in [-0.3, -0.25) is 0 Å². The second kappa shape index (κ2) is 4.16. The molecule has 1 aromatic carbocycles. The molecule has 0 unspecified atom stereocenters. The smallest absolute Gasteiger partial charge is 0.314 e. The minimum absolute atomic E-state index is 0.172. The lowest BCUT2D eigenvalue weighted by molar-refractivity contribution is -0.140. The molecule has 0 fully saturated rings. The van der Waals surface area contributed by atoms with Crippen molar-refractivity contribution in [2.75, 3.05) is 7.05 Å². The molecule has 0 aromatic heterocycles. The van der Waals surface area contributed by atoms with E-state index in [1.54, 1.807) is 0 Å². The predicted molar refractivity (Wildman–Crippen MR) is 44.7 cm³/mol. The number of alkyl halides is 3. The van der Waals surface area contributed by atoms with Crippen LogP contribution in [-0.4, -0.2) is 17.3 Å². The van der Waals surface area contributed by atoms with Gasteiger partial charge in [0.15, 0.2) is 0 Å². The van der Waals surface area contributed by atoms with E-state index in [0.717, 1.165) is 12.1 Å². The third-order valence-electron chi connectivity index (χ3n) is 1.78. The van der Waals surface area contributed by atoms with Crippen molar-refractivity contribution in [2.24, 2.45) is 0 Å². The van der Waals surface area contributed by atoms with Gasteiger partial charge < -0.3 is 5.21 Å². The zero-order valence-corrected chi connectivity index (χ0v) is 7.85. The molecule has 1 N–H and O–H groups in total. The van der Waals surface area contributed by atoms with Gasteiger partial charge in [-0.25, -0.2) is 4.39 Å². The second-order valence-electron chi connectivity index (χ2n) is 3.11. The van der Waals surface area contributed by atoms with Gasteiger partial charge in [-0.2, -0.15) is 18.2 Å². The predicted octanol–water partition coefficient (Wildman–Crippen LogP) is 2.67. The van der Waals surface area contributed by atoms with E-state index in [9.17, 15) is 17.6 Å². The van der Waals surface area contributed by atoms with Gasteiger partial charge in [0.2, 0.25) is 0 Å². The summed E-state index contributed by atoms with van der Waals surface area (Å²) in [5.41, 5.74) is -1.24. The highest BCUT2D eigenvalue weighted by molar-refractivity contribution is 5.30. The average molecular weight is 223 g/mol. The largest absolute Gasteiger partial charge is 0.416 e. The van der Waals surface area contributed by atoms with Crippen LogP contribution in [-0.2, 0) is 12.7 Å². The molecule has 0 atom stereocenters. The van der Waals surface area contributed by atoms with Gasteiger partial charge in [-0.05, 0) is 17.7 Å². The van der Waals surface area contributed by atoms with Crippen molar-refractivity contribution in [3.8, 4) is 0 Å². The standard InChI is InChI=1S/C9H9F4NO/c1-14(15)5-6-2-3-7(10)4-8(6)9(11,12)13/h2-4,15H,5H2,1H3. The number of nitrogens with zero attached hydrogens (tertiary/aromatic N) is 1. The van der Waals surface area contributed by atoms with Crippen molar-refractivity contribution < 1.29 is 22.8 Å². The van der Waals surface area contributed by atoms with E-state index in [0.29, 0.717) is 11.1 Å². The maximum Gasteiger partial charge on any atom is 0.416 e. The molecule has 0 aliphatic rings. The van der Waals surface area contributed by atoms with Crippen molar-refractivity contribution in [3.05, 3.63) is 35.1 Å². The lowest BCUT2D eigenvalue weighted by Crippen LogP contribution is -2.17. The molecule has 0 aliphatic carbocycles. The summed E-state index contributed by atoms with van der Waals surface area (Å²) in [5.74, 6) is -0.952. The molecule has 0 spiro atoms. The number of benzene rings is 1. The third-order valence-corrected chi connectivity index (χ3v) is 1.78. The Bertz CT molecular complexity index is 348. The van der Waals surface area contributed by atoms with Crippen molar-refractivity contribution in [1.29, 1.82) is 0 Å². The SMILES string of the molecule is CN(O)Cc1ccc(F)cc1C(F)(F)F. The van der Waals surface area contributed by atoms with E-state index in [4.69, 9.17) is 5.21 Å². The molecular weight excluding hydrogens is 214 g/mol. The van der Waals surface area contributed by atoms with Crippen LogP contribution < -0.4 is 0 Å². The summed E-state index contributed by atoms with van der Waals surface area (Å²) in [5, 5.41) is 9.44. The van der Waals surface area contributed by atoms with Crippen LogP contribution in [0.2, 0.25) is 0 Å². The van der Waals surface area contributed by atoms with Gasteiger partial charge in [0.25, 0.3) is 0 Å². The van der Waals surface area contributed by atoms with Crippen LogP contribution in [0.4, 0.5) is 17.6 Å². The molecular formula is C9H9F4NO. The highest BCUT2D eigenvalue weighted by Gasteiger charge is 2.33. The first-order valence-electron chi connectivity index (χ1n) is 4.06. The summed E-state index contributed by atoms with van der Waals surface area (Å²) in [6.07, 6.45) is -4.62. The van der Waals surface area contributed by atoms with Crippen LogP contribution in [0.25, 0.3) is 0 Å². The van der Waals surface area contributed by atoms with Crippen molar-refractivity contribution >= 4 is 0 Å². The van der Waals surface area contributed by atoms with Gasteiger partial charge in [0.1, 0.15) is 5.82 Å². The average Bonchev–Trinajstić information content (AvgIpc) is 2.05. The fourth-order valence-corrected chi connectivity index (χ4v) is 1.20. The Morgan fingerprint density at radius 3 is 2.40 bits per heavy atom. The first kappa shape index (κ1) is 11.9. The second-order valence-corrected chi connectivity index (χ2v) is 3.11. The minimum atomic E-state index is -4.62. The Hall–Kier alpha value is -1.14. The number of hydrogen-bond donors (Lipinski definition) is 1. The highest BCUT2D eigenvalue weighted by atomic mass is 19.4. The van der Waals surface area contributed by atoms with Crippen LogP contribution in [0.5, 0.6) is 0 Å². The van der Waals surface area contributed by atoms with Crippen LogP contribution in [0, 0.1) is 5.82 Å². The van der Waals surface area contributed by atoms with E-state index in [1.165, 1.54) is 7.05 Å². The van der Waals surface area contributed by atoms with E-state index in [2.05, 4.69) is 0 Å². The third kappa shape index (κ3) is 3.17. The van der Waals surface area contributed by atoms with Crippen molar-refractivity contribution in [3.63, 3.8) is 0 Å². The van der Waals surface area contributed by atoms with Crippen LogP contribution in [0.1, 0.15) is 11.1 Å². The summed E-state index contributed by atoms with van der Waals surface area (Å²) < 4.78 is 49.9. The zero-order chi connectivity index (χ0) is 11.6. The van der Waals surface area contributed by atoms with Gasteiger partial charge in [-0.15, -0.1) is 0 Å². The Labute approximate surface area is 83.7 Å². The van der Waals surface area contributed by atoms with E-state index in [-0.39, 0.29) is 12.1 Å². The summed E-state index contributed by atoms with van der Waals surface area (Å²) in [6.45, 7) is -0.310. The molecule has 84 valence electrons. The molecule has 0 aliphatic heterocycles. The van der Waals surface area contributed by atoms with Crippen molar-refractivity contribution in [2.45, 2.75) is 12.7 Å². The number of rotatable bonds is 2. The topological polar surface area (TPSA) is 23.5 Å². The van der Waals surface area contributed by atoms with Gasteiger partial charge in [0.05, 0.1) is 5.56 Å².